The molecule has 0 spiro atoms. The van der Waals surface area contributed by atoms with Crippen LogP contribution in [0.3, 0.4) is 0 Å². The first-order valence-electron chi connectivity index (χ1n) is 9.35. The van der Waals surface area contributed by atoms with E-state index in [1.807, 2.05) is 20.8 Å². The van der Waals surface area contributed by atoms with Crippen LogP contribution in [0.2, 0.25) is 0 Å². The molecule has 0 N–H and O–H groups in total. The maximum atomic E-state index is 13.0. The van der Waals surface area contributed by atoms with Crippen LogP contribution in [-0.4, -0.2) is 72.5 Å². The van der Waals surface area contributed by atoms with Gasteiger partial charge in [-0.2, -0.15) is 0 Å². The molecule has 0 saturated carbocycles. The van der Waals surface area contributed by atoms with Crippen molar-refractivity contribution in [3.8, 4) is 17.2 Å². The van der Waals surface area contributed by atoms with Crippen LogP contribution in [-0.2, 0) is 4.79 Å². The van der Waals surface area contributed by atoms with Crippen molar-refractivity contribution in [3.05, 3.63) is 17.7 Å². The number of nitrogens with zero attached hydrogens (tertiary/aromatic N) is 2. The third-order valence-corrected chi connectivity index (χ3v) is 4.59. The fourth-order valence-electron chi connectivity index (χ4n) is 2.96. The predicted octanol–water partition coefficient (Wildman–Crippen LogP) is 2.97. The molecule has 156 valence electrons. The summed E-state index contributed by atoms with van der Waals surface area (Å²) in [6.45, 7) is 8.47. The van der Waals surface area contributed by atoms with Gasteiger partial charge in [0.05, 0.1) is 19.8 Å². The number of benzene rings is 1. The van der Waals surface area contributed by atoms with Crippen LogP contribution in [0.25, 0.3) is 0 Å². The van der Waals surface area contributed by atoms with E-state index in [0.717, 1.165) is 0 Å². The number of hydrogen-bond donors (Lipinski definition) is 0. The number of hydrogen-bond acceptors (Lipinski definition) is 5. The zero-order valence-electron chi connectivity index (χ0n) is 16.4. The molecule has 1 fully saturated rings. The first-order chi connectivity index (χ1) is 13.4. The lowest BCUT2D eigenvalue weighted by atomic mass is 10.1. The zero-order valence-corrected chi connectivity index (χ0v) is 17.9. The molecule has 1 aliphatic rings. The molecule has 1 aliphatic heterocycles. The van der Waals surface area contributed by atoms with Crippen molar-refractivity contribution in [2.24, 2.45) is 0 Å². The summed E-state index contributed by atoms with van der Waals surface area (Å²) >= 11 is 11.3. The molecule has 2 rings (SSSR count). The molecule has 7 nitrogen and oxygen atoms in total. The number of rotatable bonds is 8. The number of ether oxygens (including phenoxy) is 3. The molecular weight excluding hydrogens is 407 g/mol. The van der Waals surface area contributed by atoms with E-state index >= 15 is 0 Å². The van der Waals surface area contributed by atoms with Crippen molar-refractivity contribution in [3.63, 3.8) is 0 Å². The number of carbonyl (C=O) groups is 2. The summed E-state index contributed by atoms with van der Waals surface area (Å²) < 4.78 is 17.0. The summed E-state index contributed by atoms with van der Waals surface area (Å²) in [7, 11) is 0. The van der Waals surface area contributed by atoms with Gasteiger partial charge in [0.1, 0.15) is 0 Å². The molecule has 0 aromatic heterocycles. The van der Waals surface area contributed by atoms with Gasteiger partial charge in [-0.15, -0.1) is 0 Å². The van der Waals surface area contributed by atoms with Crippen molar-refractivity contribution in [2.75, 3.05) is 46.0 Å². The predicted molar refractivity (Wildman–Crippen MR) is 108 cm³/mol. The standard InChI is InChI=1S/C19H26Cl2N2O5/c1-4-26-14-11-13(12-15(27-5-2)16(14)28-6-3)18(24)22-7-9-23(10-8-22)19(25)17(20)21/h11-12,17H,4-10H2,1-3H3. The number of amides is 2. The smallest absolute Gasteiger partial charge is 0.255 e. The van der Waals surface area contributed by atoms with Gasteiger partial charge < -0.3 is 24.0 Å². The number of piperazine rings is 1. The SMILES string of the molecule is CCOc1cc(C(=O)N2CCN(C(=O)C(Cl)Cl)CC2)cc(OCC)c1OCC. The molecule has 0 unspecified atom stereocenters. The van der Waals surface area contributed by atoms with Gasteiger partial charge in [-0.25, -0.2) is 0 Å². The maximum absolute atomic E-state index is 13.0. The van der Waals surface area contributed by atoms with E-state index in [1.165, 1.54) is 0 Å². The van der Waals surface area contributed by atoms with Crippen molar-refractivity contribution < 1.29 is 23.8 Å². The molecule has 0 bridgehead atoms. The highest BCUT2D eigenvalue weighted by atomic mass is 35.5. The highest BCUT2D eigenvalue weighted by Crippen LogP contribution is 2.39. The van der Waals surface area contributed by atoms with Crippen LogP contribution < -0.4 is 14.2 Å². The fourth-order valence-corrected chi connectivity index (χ4v) is 3.24. The summed E-state index contributed by atoms with van der Waals surface area (Å²) in [5.74, 6) is 0.937. The first-order valence-corrected chi connectivity index (χ1v) is 10.2. The Morgan fingerprint density at radius 1 is 0.893 bits per heavy atom. The van der Waals surface area contributed by atoms with E-state index in [9.17, 15) is 9.59 Å². The van der Waals surface area contributed by atoms with E-state index < -0.39 is 4.84 Å². The van der Waals surface area contributed by atoms with Crippen LogP contribution in [0.4, 0.5) is 0 Å². The topological polar surface area (TPSA) is 68.3 Å². The second-order valence-corrected chi connectivity index (χ2v) is 7.12. The van der Waals surface area contributed by atoms with E-state index in [0.29, 0.717) is 68.8 Å². The molecule has 0 radical (unpaired) electrons. The largest absolute Gasteiger partial charge is 0.490 e. The Bertz CT molecular complexity index is 664. The second kappa shape index (κ2) is 10.6. The van der Waals surface area contributed by atoms with Crippen molar-refractivity contribution in [1.29, 1.82) is 0 Å². The number of halogens is 2. The van der Waals surface area contributed by atoms with Gasteiger partial charge >= 0.3 is 0 Å². The van der Waals surface area contributed by atoms with Crippen molar-refractivity contribution >= 4 is 35.0 Å². The van der Waals surface area contributed by atoms with Gasteiger partial charge in [-0.05, 0) is 32.9 Å². The summed E-state index contributed by atoms with van der Waals surface area (Å²) in [6, 6.07) is 3.34. The van der Waals surface area contributed by atoms with Gasteiger partial charge in [-0.1, -0.05) is 23.2 Å². The Labute approximate surface area is 175 Å². The number of carbonyl (C=O) groups excluding carboxylic acids is 2. The van der Waals surface area contributed by atoms with Gasteiger partial charge in [0.25, 0.3) is 11.8 Å². The monoisotopic (exact) mass is 432 g/mol. The third-order valence-electron chi connectivity index (χ3n) is 4.22. The van der Waals surface area contributed by atoms with Crippen LogP contribution >= 0.6 is 23.2 Å². The Hall–Kier alpha value is -1.86. The van der Waals surface area contributed by atoms with Gasteiger partial charge in [0, 0.05) is 31.7 Å². The summed E-state index contributed by atoms with van der Waals surface area (Å²) in [6.07, 6.45) is 0. The lowest BCUT2D eigenvalue weighted by molar-refractivity contribution is -0.130. The lowest BCUT2D eigenvalue weighted by Gasteiger charge is -2.35. The Kier molecular flexibility index (Phi) is 8.51. The minimum Gasteiger partial charge on any atom is -0.490 e. The van der Waals surface area contributed by atoms with Crippen LogP contribution in [0.1, 0.15) is 31.1 Å². The summed E-state index contributed by atoms with van der Waals surface area (Å²) in [5.41, 5.74) is 0.447. The van der Waals surface area contributed by atoms with Gasteiger partial charge in [0.2, 0.25) is 5.75 Å². The molecule has 2 amide bonds. The van der Waals surface area contributed by atoms with Gasteiger partial charge in [0.15, 0.2) is 16.3 Å². The van der Waals surface area contributed by atoms with E-state index in [1.54, 1.807) is 21.9 Å². The van der Waals surface area contributed by atoms with Crippen LogP contribution in [0, 0.1) is 0 Å². The molecule has 1 aromatic carbocycles. The van der Waals surface area contributed by atoms with Crippen LogP contribution in [0.5, 0.6) is 17.2 Å². The quantitative estimate of drug-likeness (QED) is 0.590. The molecule has 1 heterocycles. The molecule has 1 aromatic rings. The highest BCUT2D eigenvalue weighted by Gasteiger charge is 2.28. The molecule has 1 saturated heterocycles. The summed E-state index contributed by atoms with van der Waals surface area (Å²) in [5, 5.41) is 0. The fraction of sp³-hybridized carbons (Fsp3) is 0.579. The molecular formula is C19H26Cl2N2O5. The molecule has 28 heavy (non-hydrogen) atoms. The third kappa shape index (κ3) is 5.35. The Morgan fingerprint density at radius 2 is 1.36 bits per heavy atom. The summed E-state index contributed by atoms with van der Waals surface area (Å²) in [4.78, 5) is 27.1. The van der Waals surface area contributed by atoms with Crippen LogP contribution in [0.15, 0.2) is 12.1 Å². The minimum atomic E-state index is -1.09. The Morgan fingerprint density at radius 3 is 1.79 bits per heavy atom. The average molecular weight is 433 g/mol. The minimum absolute atomic E-state index is 0.162. The van der Waals surface area contributed by atoms with E-state index in [2.05, 4.69) is 0 Å². The van der Waals surface area contributed by atoms with E-state index in [4.69, 9.17) is 37.4 Å². The molecule has 0 aliphatic carbocycles. The highest BCUT2D eigenvalue weighted by molar-refractivity contribution is 6.53. The molecule has 0 atom stereocenters. The van der Waals surface area contributed by atoms with Crippen molar-refractivity contribution in [2.45, 2.75) is 25.6 Å². The van der Waals surface area contributed by atoms with E-state index in [-0.39, 0.29) is 11.8 Å². The average Bonchev–Trinajstić information content (AvgIpc) is 2.69. The first kappa shape index (κ1) is 22.4. The molecule has 9 heteroatoms. The van der Waals surface area contributed by atoms with Crippen molar-refractivity contribution in [1.82, 2.24) is 9.80 Å². The normalized spacial score (nSPS) is 14.2. The zero-order chi connectivity index (χ0) is 20.7. The maximum Gasteiger partial charge on any atom is 0.255 e. The number of alkyl halides is 2. The van der Waals surface area contributed by atoms with Gasteiger partial charge in [-0.3, -0.25) is 9.59 Å². The Balaban J connectivity index is 2.22. The second-order valence-electron chi connectivity index (χ2n) is 6.02. The lowest BCUT2D eigenvalue weighted by Crippen LogP contribution is -2.51.